The van der Waals surface area contributed by atoms with Crippen LogP contribution < -0.4 is 10.6 Å². The molecule has 0 atom stereocenters. The summed E-state index contributed by atoms with van der Waals surface area (Å²) < 4.78 is 1.34. The molecule has 4 heteroatoms. The molecular weight excluding hydrogens is 512 g/mol. The fourth-order valence-corrected chi connectivity index (χ4v) is 13.1. The van der Waals surface area contributed by atoms with Crippen molar-refractivity contribution in [3.63, 3.8) is 0 Å². The predicted octanol–water partition coefficient (Wildman–Crippen LogP) is 10.4. The van der Waals surface area contributed by atoms with Crippen LogP contribution in [0.2, 0.25) is 0 Å². The van der Waals surface area contributed by atoms with Crippen molar-refractivity contribution in [1.29, 1.82) is 0 Å². The monoisotopic (exact) mass is 552 g/mol. The van der Waals surface area contributed by atoms with E-state index in [9.17, 15) is 0 Å². The highest BCUT2D eigenvalue weighted by molar-refractivity contribution is 8.78. The van der Waals surface area contributed by atoms with Crippen molar-refractivity contribution in [2.45, 2.75) is 71.1 Å². The number of rotatable bonds is 17. The van der Waals surface area contributed by atoms with Crippen LogP contribution in [-0.2, 0) is 11.8 Å². The van der Waals surface area contributed by atoms with Gasteiger partial charge >= 0.3 is 0 Å². The molecule has 3 aromatic carbocycles. The number of benzene rings is 3. The molecule has 0 fully saturated rings. The number of hydrogen-bond acceptors (Lipinski definition) is 3. The van der Waals surface area contributed by atoms with E-state index in [1.807, 2.05) is 23.1 Å². The third-order valence-corrected chi connectivity index (χ3v) is 15.2. The third-order valence-electron chi connectivity index (χ3n) is 6.24. The van der Waals surface area contributed by atoms with Gasteiger partial charge in [0, 0.05) is 4.24 Å². The number of thioether (sulfide) groups is 1. The molecule has 0 saturated carbocycles. The van der Waals surface area contributed by atoms with Gasteiger partial charge < -0.3 is 0 Å². The maximum Gasteiger partial charge on any atom is 0.0664 e. The molecule has 0 aliphatic heterocycles. The largest absolute Gasteiger partial charge is 0.119 e. The normalized spacial score (nSPS) is 12.1. The molecule has 192 valence electrons. The summed E-state index contributed by atoms with van der Waals surface area (Å²) in [6.07, 6.45) is 16.1. The Morgan fingerprint density at radius 2 is 1.08 bits per heavy atom. The number of unbranched alkanes of at least 4 members (excludes halogenated alkanes) is 9. The second-order valence-corrected chi connectivity index (χ2v) is 17.9. The average Bonchev–Trinajstić information content (AvgIpc) is 2.93. The fourth-order valence-electron chi connectivity index (χ4n) is 4.17. The van der Waals surface area contributed by atoms with Gasteiger partial charge in [0.15, 0.2) is 0 Å². The molecule has 0 nitrogen and oxygen atoms in total. The van der Waals surface area contributed by atoms with Crippen LogP contribution in [-0.4, -0.2) is 5.75 Å². The summed E-state index contributed by atoms with van der Waals surface area (Å²) in [6.45, 7) is 2.29. The molecule has 3 rings (SSSR count). The molecule has 3 aromatic rings. The van der Waals surface area contributed by atoms with E-state index in [1.165, 1.54) is 84.6 Å². The molecule has 0 spiro atoms. The van der Waals surface area contributed by atoms with Gasteiger partial charge in [-0.15, -0.1) is 11.8 Å². The van der Waals surface area contributed by atoms with E-state index in [4.69, 9.17) is 11.8 Å². The Kier molecular flexibility index (Phi) is 14.1. The summed E-state index contributed by atoms with van der Waals surface area (Å²) in [6, 6.07) is 32.2. The molecule has 0 heterocycles. The molecule has 0 unspecified atom stereocenters. The van der Waals surface area contributed by atoms with Crippen molar-refractivity contribution in [2.24, 2.45) is 0 Å². The first-order valence-electron chi connectivity index (χ1n) is 13.5. The Labute approximate surface area is 233 Å². The molecule has 0 aliphatic carbocycles. The molecule has 36 heavy (non-hydrogen) atoms. The Hall–Kier alpha value is -1.25. The van der Waals surface area contributed by atoms with Gasteiger partial charge in [-0.25, -0.2) is 0 Å². The molecule has 0 N–H and O–H groups in total. The molecule has 0 amide bonds. The van der Waals surface area contributed by atoms with Gasteiger partial charge in [-0.2, -0.15) is 0 Å². The molecule has 0 bridgehead atoms. The van der Waals surface area contributed by atoms with E-state index < -0.39 is 5.24 Å². The fraction of sp³-hybridized carbons (Fsp3) is 0.375. The highest BCUT2D eigenvalue weighted by atomic mass is 32.9. The summed E-state index contributed by atoms with van der Waals surface area (Å²) in [5.74, 6) is 1.15. The lowest BCUT2D eigenvalue weighted by atomic mass is 10.1. The van der Waals surface area contributed by atoms with E-state index >= 15 is 0 Å². The van der Waals surface area contributed by atoms with E-state index in [1.54, 1.807) is 0 Å². The minimum absolute atomic E-state index is 1.15. The van der Waals surface area contributed by atoms with Crippen LogP contribution in [0.1, 0.15) is 76.7 Å². The van der Waals surface area contributed by atoms with Crippen LogP contribution in [0.4, 0.5) is 0 Å². The second kappa shape index (κ2) is 17.3. The molecule has 0 saturated heterocycles. The average molecular weight is 553 g/mol. The summed E-state index contributed by atoms with van der Waals surface area (Å²) >= 11 is 10.5. The lowest BCUT2D eigenvalue weighted by Crippen LogP contribution is -2.13. The highest BCUT2D eigenvalue weighted by Crippen LogP contribution is 2.62. The zero-order valence-electron chi connectivity index (χ0n) is 21.7. The number of hydrogen-bond donors (Lipinski definition) is 0. The molecular formula is C32H41PS3. The Morgan fingerprint density at radius 3 is 1.58 bits per heavy atom. The molecule has 0 aliphatic rings. The summed E-state index contributed by atoms with van der Waals surface area (Å²) in [5.41, 5.74) is 1.25. The van der Waals surface area contributed by atoms with Gasteiger partial charge in [0.2, 0.25) is 0 Å². The van der Waals surface area contributed by atoms with Crippen molar-refractivity contribution in [3.8, 4) is 0 Å². The first-order chi connectivity index (χ1) is 17.7. The Morgan fingerprint density at radius 1 is 0.639 bits per heavy atom. The van der Waals surface area contributed by atoms with E-state index in [0.29, 0.717) is 0 Å². The first kappa shape index (κ1) is 29.3. The van der Waals surface area contributed by atoms with Crippen LogP contribution in [0.25, 0.3) is 6.08 Å². The SMILES string of the molecule is CCCCCCCCCCCCS/C(=C\c1ccccc1)SP(=S)(c1ccccc1)c1ccccc1. The van der Waals surface area contributed by atoms with Gasteiger partial charge in [0.05, 0.1) is 5.24 Å². The lowest BCUT2D eigenvalue weighted by Gasteiger charge is -2.24. The topological polar surface area (TPSA) is 0 Å². The molecule has 0 radical (unpaired) electrons. The second-order valence-electron chi connectivity index (χ2n) is 9.22. The van der Waals surface area contributed by atoms with E-state index in [-0.39, 0.29) is 0 Å². The summed E-state index contributed by atoms with van der Waals surface area (Å²) in [7, 11) is 0. The van der Waals surface area contributed by atoms with Crippen molar-refractivity contribution < 1.29 is 0 Å². The van der Waals surface area contributed by atoms with E-state index in [2.05, 4.69) is 104 Å². The smallest absolute Gasteiger partial charge is 0.0664 e. The lowest BCUT2D eigenvalue weighted by molar-refractivity contribution is 0.563. The van der Waals surface area contributed by atoms with Crippen molar-refractivity contribution in [3.05, 3.63) is 101 Å². The van der Waals surface area contributed by atoms with E-state index in [0.717, 1.165) is 5.75 Å². The summed E-state index contributed by atoms with van der Waals surface area (Å²) in [5, 5.41) is 0.507. The minimum Gasteiger partial charge on any atom is -0.119 e. The zero-order chi connectivity index (χ0) is 25.3. The van der Waals surface area contributed by atoms with Crippen LogP contribution in [0.5, 0.6) is 0 Å². The van der Waals surface area contributed by atoms with Crippen molar-refractivity contribution in [2.75, 3.05) is 5.75 Å². The standard InChI is InChI=1S/C32H41PS3/c1-2-3-4-5-6-7-8-9-10-20-27-35-32(28-29-21-14-11-15-22-29)36-33(34,30-23-16-12-17-24-30)31-25-18-13-19-26-31/h11-19,21-26,28H,2-10,20,27H2,1H3/b32-28+. The third kappa shape index (κ3) is 10.3. The van der Waals surface area contributed by atoms with Crippen molar-refractivity contribution in [1.82, 2.24) is 0 Å². The quantitative estimate of drug-likeness (QED) is 0.121. The van der Waals surface area contributed by atoms with Crippen LogP contribution in [0.15, 0.2) is 95.2 Å². The predicted molar refractivity (Wildman–Crippen MR) is 173 cm³/mol. The Balaban J connectivity index is 1.63. The van der Waals surface area contributed by atoms with Gasteiger partial charge in [-0.05, 0) is 34.4 Å². The highest BCUT2D eigenvalue weighted by Gasteiger charge is 2.25. The Bertz CT molecular complexity index is 1010. The zero-order valence-corrected chi connectivity index (χ0v) is 25.0. The minimum atomic E-state index is -2.04. The first-order valence-corrected chi connectivity index (χ1v) is 18.7. The van der Waals surface area contributed by atoms with Crippen LogP contribution in [0, 0.1) is 0 Å². The van der Waals surface area contributed by atoms with Crippen LogP contribution in [0.3, 0.4) is 0 Å². The maximum atomic E-state index is 6.53. The van der Waals surface area contributed by atoms with Crippen molar-refractivity contribution >= 4 is 56.9 Å². The van der Waals surface area contributed by atoms with Gasteiger partial charge in [-0.3, -0.25) is 0 Å². The maximum absolute atomic E-state index is 6.53. The van der Waals surface area contributed by atoms with Gasteiger partial charge in [0.25, 0.3) is 0 Å². The molecule has 0 aromatic heterocycles. The van der Waals surface area contributed by atoms with Gasteiger partial charge in [0.1, 0.15) is 0 Å². The summed E-state index contributed by atoms with van der Waals surface area (Å²) in [4.78, 5) is 0. The van der Waals surface area contributed by atoms with Crippen LogP contribution >= 0.6 is 28.4 Å². The van der Waals surface area contributed by atoms with Gasteiger partial charge in [-0.1, -0.05) is 179 Å².